The van der Waals surface area contributed by atoms with E-state index in [-0.39, 0.29) is 11.9 Å². The van der Waals surface area contributed by atoms with Crippen molar-refractivity contribution >= 4 is 15.9 Å². The Morgan fingerprint density at radius 1 is 1.32 bits per heavy atom. The van der Waals surface area contributed by atoms with Crippen molar-refractivity contribution in [3.8, 4) is 0 Å². The van der Waals surface area contributed by atoms with Crippen LogP contribution < -0.4 is 5.73 Å². The number of halogens is 2. The van der Waals surface area contributed by atoms with Crippen molar-refractivity contribution in [3.05, 3.63) is 58.1 Å². The minimum Gasteiger partial charge on any atom is -0.350 e. The summed E-state index contributed by atoms with van der Waals surface area (Å²) in [5.74, 6) is 0.167. The predicted molar refractivity (Wildman–Crippen MR) is 79.4 cm³/mol. The molecule has 0 aliphatic rings. The first kappa shape index (κ1) is 14.3. The number of benzene rings is 1. The average molecular weight is 325 g/mol. The van der Waals surface area contributed by atoms with Crippen LogP contribution in [0.3, 0.4) is 0 Å². The zero-order valence-corrected chi connectivity index (χ0v) is 12.7. The summed E-state index contributed by atoms with van der Waals surface area (Å²) < 4.78 is 16.0. The lowest BCUT2D eigenvalue weighted by atomic mass is 10.00. The Balaban J connectivity index is 2.18. The zero-order valence-electron chi connectivity index (χ0n) is 11.1. The second-order valence-corrected chi connectivity index (χ2v) is 5.89. The molecular formula is C15H18BrFN2. The molecule has 0 aliphatic heterocycles. The Bertz CT molecular complexity index is 563. The second kappa shape index (κ2) is 5.88. The largest absolute Gasteiger partial charge is 0.350 e. The lowest BCUT2D eigenvalue weighted by Gasteiger charge is -2.13. The van der Waals surface area contributed by atoms with Gasteiger partial charge in [-0.2, -0.15) is 0 Å². The molecule has 0 aliphatic carbocycles. The molecule has 0 bridgehead atoms. The molecule has 0 spiro atoms. The molecule has 0 radical (unpaired) electrons. The van der Waals surface area contributed by atoms with Gasteiger partial charge in [-0.25, -0.2) is 4.39 Å². The number of aromatic nitrogens is 1. The lowest BCUT2D eigenvalue weighted by molar-refractivity contribution is 0.513. The van der Waals surface area contributed by atoms with Crippen molar-refractivity contribution < 1.29 is 4.39 Å². The van der Waals surface area contributed by atoms with Gasteiger partial charge in [0.25, 0.3) is 0 Å². The fourth-order valence-corrected chi connectivity index (χ4v) is 2.40. The van der Waals surface area contributed by atoms with Crippen molar-refractivity contribution in [3.63, 3.8) is 0 Å². The van der Waals surface area contributed by atoms with Crippen LogP contribution in [0.1, 0.15) is 31.0 Å². The molecule has 1 unspecified atom stereocenters. The van der Waals surface area contributed by atoms with E-state index in [9.17, 15) is 4.39 Å². The quantitative estimate of drug-likeness (QED) is 0.902. The van der Waals surface area contributed by atoms with Gasteiger partial charge < -0.3 is 10.3 Å². The van der Waals surface area contributed by atoms with Gasteiger partial charge in [-0.05, 0) is 45.1 Å². The molecular weight excluding hydrogens is 307 g/mol. The van der Waals surface area contributed by atoms with Crippen molar-refractivity contribution in [2.24, 2.45) is 11.7 Å². The molecule has 1 aromatic carbocycles. The van der Waals surface area contributed by atoms with Gasteiger partial charge in [0, 0.05) is 25.0 Å². The summed E-state index contributed by atoms with van der Waals surface area (Å²) in [5, 5.41) is 0. The van der Waals surface area contributed by atoms with Crippen molar-refractivity contribution in [1.82, 2.24) is 4.57 Å². The van der Waals surface area contributed by atoms with Gasteiger partial charge in [-0.1, -0.05) is 26.0 Å². The van der Waals surface area contributed by atoms with Crippen molar-refractivity contribution in [1.29, 1.82) is 0 Å². The molecule has 102 valence electrons. The Hall–Kier alpha value is -1.13. The molecule has 0 amide bonds. The maximum Gasteiger partial charge on any atom is 0.137 e. The highest BCUT2D eigenvalue weighted by molar-refractivity contribution is 9.10. The van der Waals surface area contributed by atoms with Gasteiger partial charge in [0.2, 0.25) is 0 Å². The zero-order chi connectivity index (χ0) is 14.0. The molecule has 0 saturated carbocycles. The smallest absolute Gasteiger partial charge is 0.137 e. The normalized spacial score (nSPS) is 12.9. The summed E-state index contributed by atoms with van der Waals surface area (Å²) in [6.07, 6.45) is 4.01. The van der Waals surface area contributed by atoms with Gasteiger partial charge in [-0.3, -0.25) is 0 Å². The van der Waals surface area contributed by atoms with Crippen LogP contribution in [-0.4, -0.2) is 4.57 Å². The number of hydrogen-bond acceptors (Lipinski definition) is 1. The summed E-state index contributed by atoms with van der Waals surface area (Å²) >= 11 is 3.28. The molecule has 4 heteroatoms. The molecule has 2 rings (SSSR count). The molecule has 2 N–H and O–H groups in total. The second-order valence-electron chi connectivity index (χ2n) is 5.10. The Morgan fingerprint density at radius 3 is 2.74 bits per heavy atom. The minimum atomic E-state index is -0.233. The van der Waals surface area contributed by atoms with E-state index in [1.807, 2.05) is 29.1 Å². The maximum absolute atomic E-state index is 13.4. The van der Waals surface area contributed by atoms with Crippen LogP contribution >= 0.6 is 15.9 Å². The molecule has 1 atom stereocenters. The Morgan fingerprint density at radius 2 is 2.05 bits per heavy atom. The third kappa shape index (κ3) is 3.25. The summed E-state index contributed by atoms with van der Waals surface area (Å²) in [5.41, 5.74) is 8.15. The first-order valence-corrected chi connectivity index (χ1v) is 7.12. The summed E-state index contributed by atoms with van der Waals surface area (Å²) in [6.45, 7) is 4.83. The monoisotopic (exact) mass is 324 g/mol. The predicted octanol–water partition coefficient (Wildman–Crippen LogP) is 4.09. The molecule has 1 heterocycles. The van der Waals surface area contributed by atoms with Gasteiger partial charge >= 0.3 is 0 Å². The van der Waals surface area contributed by atoms with Crippen LogP contribution in [-0.2, 0) is 6.54 Å². The van der Waals surface area contributed by atoms with Crippen molar-refractivity contribution in [2.45, 2.75) is 26.4 Å². The van der Waals surface area contributed by atoms with Crippen LogP contribution in [0, 0.1) is 11.7 Å². The molecule has 2 nitrogen and oxygen atoms in total. The molecule has 0 fully saturated rings. The maximum atomic E-state index is 13.4. The Labute approximate surface area is 121 Å². The highest BCUT2D eigenvalue weighted by Crippen LogP contribution is 2.23. The first-order chi connectivity index (χ1) is 8.99. The number of rotatable bonds is 4. The van der Waals surface area contributed by atoms with Gasteiger partial charge in [0.15, 0.2) is 0 Å². The SMILES string of the molecule is CC(C)C(N)c1ccn(Cc2cccc(F)c2Br)c1. The van der Waals surface area contributed by atoms with E-state index in [1.54, 1.807) is 6.07 Å². The highest BCUT2D eigenvalue weighted by Gasteiger charge is 2.12. The minimum absolute atomic E-state index is 0.0391. The van der Waals surface area contributed by atoms with Crippen LogP contribution in [0.4, 0.5) is 4.39 Å². The van der Waals surface area contributed by atoms with Gasteiger partial charge in [-0.15, -0.1) is 0 Å². The van der Waals surface area contributed by atoms with Gasteiger partial charge in [0.1, 0.15) is 5.82 Å². The molecule has 0 saturated heterocycles. The molecule has 2 aromatic rings. The fourth-order valence-electron chi connectivity index (χ4n) is 2.01. The number of nitrogens with two attached hydrogens (primary N) is 1. The van der Waals surface area contributed by atoms with Crippen molar-refractivity contribution in [2.75, 3.05) is 0 Å². The van der Waals surface area contributed by atoms with E-state index in [2.05, 4.69) is 29.8 Å². The first-order valence-electron chi connectivity index (χ1n) is 6.33. The standard InChI is InChI=1S/C15H18BrFN2/c1-10(2)15(18)12-6-7-19(9-12)8-11-4-3-5-13(17)14(11)16/h3-7,9-10,15H,8,18H2,1-2H3. The summed E-state index contributed by atoms with van der Waals surface area (Å²) in [7, 11) is 0. The topological polar surface area (TPSA) is 30.9 Å². The third-order valence-electron chi connectivity index (χ3n) is 3.26. The fraction of sp³-hybridized carbons (Fsp3) is 0.333. The lowest BCUT2D eigenvalue weighted by Crippen LogP contribution is -2.15. The highest BCUT2D eigenvalue weighted by atomic mass is 79.9. The molecule has 19 heavy (non-hydrogen) atoms. The van der Waals surface area contributed by atoms with E-state index in [0.717, 1.165) is 11.1 Å². The summed E-state index contributed by atoms with van der Waals surface area (Å²) in [6, 6.07) is 7.15. The number of hydrogen-bond donors (Lipinski definition) is 1. The average Bonchev–Trinajstić information content (AvgIpc) is 2.82. The van der Waals surface area contributed by atoms with Crippen LogP contribution in [0.5, 0.6) is 0 Å². The molecule has 1 aromatic heterocycles. The van der Waals surface area contributed by atoms with E-state index in [4.69, 9.17) is 5.73 Å². The van der Waals surface area contributed by atoms with Crippen LogP contribution in [0.25, 0.3) is 0 Å². The van der Waals surface area contributed by atoms with Gasteiger partial charge in [0.05, 0.1) is 4.47 Å². The van der Waals surface area contributed by atoms with E-state index in [0.29, 0.717) is 16.9 Å². The summed E-state index contributed by atoms with van der Waals surface area (Å²) in [4.78, 5) is 0. The van der Waals surface area contributed by atoms with Crippen LogP contribution in [0.15, 0.2) is 41.1 Å². The van der Waals surface area contributed by atoms with Crippen LogP contribution in [0.2, 0.25) is 0 Å². The van der Waals surface area contributed by atoms with E-state index in [1.165, 1.54) is 6.07 Å². The van der Waals surface area contributed by atoms with E-state index >= 15 is 0 Å². The van der Waals surface area contributed by atoms with E-state index < -0.39 is 0 Å². The third-order valence-corrected chi connectivity index (χ3v) is 4.15. The number of nitrogens with zero attached hydrogens (tertiary/aromatic N) is 1. The Kier molecular flexibility index (Phi) is 4.42.